The summed E-state index contributed by atoms with van der Waals surface area (Å²) < 4.78 is 4.89. The predicted molar refractivity (Wildman–Crippen MR) is 39.5 cm³/mol. The molecule has 0 aliphatic heterocycles. The second-order valence-electron chi connectivity index (χ2n) is 2.20. The number of aliphatic carboxylic acids is 1. The molecule has 0 amide bonds. The smallest absolute Gasteiger partial charge is 0.550 e. The molecular weight excluding hydrogens is 181 g/mol. The monoisotopic (exact) mass is 189 g/mol. The molecule has 1 aromatic rings. The quantitative estimate of drug-likeness (QED) is 0.461. The molecule has 1 aromatic heterocycles. The zero-order valence-corrected chi connectivity index (χ0v) is 9.61. The van der Waals surface area contributed by atoms with Crippen LogP contribution < -0.4 is 39.4 Å². The van der Waals surface area contributed by atoms with E-state index in [2.05, 4.69) is 4.98 Å². The van der Waals surface area contributed by atoms with Crippen LogP contribution in [0, 0.1) is 0 Å². The summed E-state index contributed by atoms with van der Waals surface area (Å²) in [6.07, 6.45) is 1.30. The fraction of sp³-hybridized carbons (Fsp3) is 0.250. The third-order valence-electron chi connectivity index (χ3n) is 1.38. The van der Waals surface area contributed by atoms with Gasteiger partial charge in [-0.2, -0.15) is 0 Å². The number of nitrogens with zero attached hydrogens (tertiary/aromatic N) is 1. The minimum Gasteiger partial charge on any atom is -0.550 e. The molecule has 0 bridgehead atoms. The number of aromatic nitrogens is 1. The molecule has 5 heteroatoms. The van der Waals surface area contributed by atoms with Crippen molar-refractivity contribution in [2.45, 2.75) is 6.42 Å². The van der Waals surface area contributed by atoms with Gasteiger partial charge in [0.15, 0.2) is 0 Å². The topological polar surface area (TPSA) is 62.2 Å². The van der Waals surface area contributed by atoms with E-state index in [1.165, 1.54) is 13.3 Å². The molecule has 4 nitrogen and oxygen atoms in total. The Bertz CT molecular complexity index is 290. The van der Waals surface area contributed by atoms with Crippen LogP contribution in [-0.2, 0) is 11.2 Å². The van der Waals surface area contributed by atoms with Crippen LogP contribution in [0.3, 0.4) is 0 Å². The summed E-state index contributed by atoms with van der Waals surface area (Å²) in [6.45, 7) is 0. The SMILES string of the molecule is COc1cccnc1CC(=O)[O-].[Na+]. The Morgan fingerprint density at radius 1 is 1.69 bits per heavy atom. The van der Waals surface area contributed by atoms with Crippen LogP contribution in [0.25, 0.3) is 0 Å². The number of carbonyl (C=O) groups is 1. The first-order chi connectivity index (χ1) is 5.74. The molecule has 0 aliphatic carbocycles. The van der Waals surface area contributed by atoms with Crippen LogP contribution >= 0.6 is 0 Å². The summed E-state index contributed by atoms with van der Waals surface area (Å²) in [5.41, 5.74) is 0.389. The van der Waals surface area contributed by atoms with E-state index in [1.54, 1.807) is 12.1 Å². The summed E-state index contributed by atoms with van der Waals surface area (Å²) >= 11 is 0. The maximum absolute atomic E-state index is 10.2. The third kappa shape index (κ3) is 3.76. The van der Waals surface area contributed by atoms with E-state index < -0.39 is 5.97 Å². The number of carboxylic acids is 1. The Morgan fingerprint density at radius 2 is 2.38 bits per heavy atom. The number of rotatable bonds is 3. The van der Waals surface area contributed by atoms with E-state index in [4.69, 9.17) is 4.74 Å². The minimum atomic E-state index is -1.16. The first-order valence-electron chi connectivity index (χ1n) is 3.41. The molecule has 0 N–H and O–H groups in total. The van der Waals surface area contributed by atoms with Crippen molar-refractivity contribution in [3.63, 3.8) is 0 Å². The van der Waals surface area contributed by atoms with E-state index in [0.29, 0.717) is 11.4 Å². The molecular formula is C8H8NNaO3. The number of hydrogen-bond acceptors (Lipinski definition) is 4. The summed E-state index contributed by atoms with van der Waals surface area (Å²) in [5, 5.41) is 10.2. The number of pyridine rings is 1. The van der Waals surface area contributed by atoms with Crippen molar-refractivity contribution in [1.29, 1.82) is 0 Å². The van der Waals surface area contributed by atoms with E-state index >= 15 is 0 Å². The fourth-order valence-electron chi connectivity index (χ4n) is 0.879. The Hall–Kier alpha value is -0.580. The van der Waals surface area contributed by atoms with E-state index in [9.17, 15) is 9.90 Å². The van der Waals surface area contributed by atoms with Crippen LogP contribution in [-0.4, -0.2) is 18.1 Å². The molecule has 0 spiro atoms. The molecule has 0 radical (unpaired) electrons. The molecule has 13 heavy (non-hydrogen) atoms. The van der Waals surface area contributed by atoms with Gasteiger partial charge in [0.1, 0.15) is 5.75 Å². The first kappa shape index (κ1) is 12.4. The van der Waals surface area contributed by atoms with E-state index in [1.807, 2.05) is 0 Å². The molecule has 0 atom stereocenters. The van der Waals surface area contributed by atoms with Gasteiger partial charge >= 0.3 is 29.6 Å². The molecule has 1 heterocycles. The zero-order chi connectivity index (χ0) is 8.97. The number of hydrogen-bond donors (Lipinski definition) is 0. The van der Waals surface area contributed by atoms with Gasteiger partial charge in [-0.05, 0) is 12.1 Å². The van der Waals surface area contributed by atoms with Crippen molar-refractivity contribution in [3.05, 3.63) is 24.0 Å². The van der Waals surface area contributed by atoms with Gasteiger partial charge in [-0.1, -0.05) is 0 Å². The summed E-state index contributed by atoms with van der Waals surface area (Å²) in [4.78, 5) is 14.1. The van der Waals surface area contributed by atoms with Gasteiger partial charge < -0.3 is 14.6 Å². The van der Waals surface area contributed by atoms with Gasteiger partial charge in [-0.3, -0.25) is 4.98 Å². The fourth-order valence-corrected chi connectivity index (χ4v) is 0.879. The maximum atomic E-state index is 10.2. The van der Waals surface area contributed by atoms with Gasteiger partial charge in [0.2, 0.25) is 0 Å². The van der Waals surface area contributed by atoms with Crippen molar-refractivity contribution in [3.8, 4) is 5.75 Å². The van der Waals surface area contributed by atoms with Crippen LogP contribution in [0.1, 0.15) is 5.69 Å². The van der Waals surface area contributed by atoms with Crippen LogP contribution in [0.4, 0.5) is 0 Å². The molecule has 1 rings (SSSR count). The Morgan fingerprint density at radius 3 is 2.92 bits per heavy atom. The van der Waals surface area contributed by atoms with Gasteiger partial charge in [0.25, 0.3) is 0 Å². The molecule has 0 saturated heterocycles. The largest absolute Gasteiger partial charge is 1.00 e. The first-order valence-corrected chi connectivity index (χ1v) is 3.41. The van der Waals surface area contributed by atoms with Crippen molar-refractivity contribution < 1.29 is 44.2 Å². The zero-order valence-electron chi connectivity index (χ0n) is 7.61. The van der Waals surface area contributed by atoms with Crippen molar-refractivity contribution in [2.75, 3.05) is 7.11 Å². The van der Waals surface area contributed by atoms with Crippen LogP contribution in [0.2, 0.25) is 0 Å². The number of ether oxygens (including phenoxy) is 1. The van der Waals surface area contributed by atoms with Crippen molar-refractivity contribution in [2.24, 2.45) is 0 Å². The normalized spacial score (nSPS) is 8.69. The van der Waals surface area contributed by atoms with Crippen molar-refractivity contribution >= 4 is 5.97 Å². The van der Waals surface area contributed by atoms with E-state index in [0.717, 1.165) is 0 Å². The van der Waals surface area contributed by atoms with Gasteiger partial charge in [-0.25, -0.2) is 0 Å². The molecule has 0 aliphatic rings. The summed E-state index contributed by atoms with van der Waals surface area (Å²) in [7, 11) is 1.47. The van der Waals surface area contributed by atoms with Gasteiger partial charge in [0, 0.05) is 18.6 Å². The molecule has 64 valence electrons. The minimum absolute atomic E-state index is 0. The maximum Gasteiger partial charge on any atom is 1.00 e. The number of carbonyl (C=O) groups excluding carboxylic acids is 1. The average Bonchev–Trinajstić information content (AvgIpc) is 2.04. The summed E-state index contributed by atoms with van der Waals surface area (Å²) in [6, 6.07) is 3.34. The van der Waals surface area contributed by atoms with E-state index in [-0.39, 0.29) is 36.0 Å². The average molecular weight is 189 g/mol. The Kier molecular flexibility index (Phi) is 5.70. The summed E-state index contributed by atoms with van der Waals surface area (Å²) in [5.74, 6) is -0.686. The Labute approximate surface area is 98.2 Å². The predicted octanol–water partition coefficient (Wildman–Crippen LogP) is -3.61. The molecule has 0 aromatic carbocycles. The second-order valence-corrected chi connectivity index (χ2v) is 2.20. The van der Waals surface area contributed by atoms with Gasteiger partial charge in [0.05, 0.1) is 12.8 Å². The third-order valence-corrected chi connectivity index (χ3v) is 1.38. The number of methoxy groups -OCH3 is 1. The van der Waals surface area contributed by atoms with Crippen LogP contribution in [0.5, 0.6) is 5.75 Å². The van der Waals surface area contributed by atoms with Crippen molar-refractivity contribution in [1.82, 2.24) is 4.98 Å². The molecule has 0 fully saturated rings. The number of carboxylic acid groups (broad SMARTS) is 1. The standard InChI is InChI=1S/C8H9NO3.Na/c1-12-7-3-2-4-9-6(7)5-8(10)11;/h2-4H,5H2,1H3,(H,10,11);/q;+1/p-1. The van der Waals surface area contributed by atoms with Crippen LogP contribution in [0.15, 0.2) is 18.3 Å². The second kappa shape index (κ2) is 5.96. The molecule has 0 saturated carbocycles. The van der Waals surface area contributed by atoms with Gasteiger partial charge in [-0.15, -0.1) is 0 Å². The Balaban J connectivity index is 0.00000144. The molecule has 0 unspecified atom stereocenters.